The summed E-state index contributed by atoms with van der Waals surface area (Å²) in [5.74, 6) is 1.91. The molecule has 0 saturated carbocycles. The molecule has 7 nitrogen and oxygen atoms in total. The molecule has 4 aromatic rings. The Morgan fingerprint density at radius 1 is 1.13 bits per heavy atom. The van der Waals surface area contributed by atoms with Gasteiger partial charge in [0.15, 0.2) is 12.4 Å². The molecule has 0 unspecified atom stereocenters. The number of fused-ring (bicyclic) bond motifs is 1. The van der Waals surface area contributed by atoms with Crippen LogP contribution >= 0.6 is 22.9 Å². The highest BCUT2D eigenvalue weighted by molar-refractivity contribution is 7.17. The first-order chi connectivity index (χ1) is 15.0. The number of nitrogens with zero attached hydrogens (tertiary/aromatic N) is 3. The smallest absolute Gasteiger partial charge is 0.257 e. The standard InChI is InChI=1S/C22H21ClN4O3S/c1-14-19(11-12-24-20(28)13-30-18-9-5-16(23)6-10-18)31-22-25-21(26-27(14)22)15-3-7-17(29-2)8-4-15/h3-10H,11-13H2,1-2H3,(H,24,28). The summed E-state index contributed by atoms with van der Waals surface area (Å²) < 4.78 is 12.5. The quantitative estimate of drug-likeness (QED) is 0.430. The summed E-state index contributed by atoms with van der Waals surface area (Å²) >= 11 is 7.42. The number of benzene rings is 2. The van der Waals surface area contributed by atoms with Gasteiger partial charge in [-0.2, -0.15) is 4.98 Å². The molecule has 0 radical (unpaired) electrons. The normalized spacial score (nSPS) is 10.9. The molecule has 2 aromatic heterocycles. The number of methoxy groups -OCH3 is 1. The van der Waals surface area contributed by atoms with E-state index in [4.69, 9.17) is 21.1 Å². The lowest BCUT2D eigenvalue weighted by Gasteiger charge is -2.07. The van der Waals surface area contributed by atoms with Gasteiger partial charge in [0.1, 0.15) is 11.5 Å². The number of aryl methyl sites for hydroxylation is 1. The second-order valence-electron chi connectivity index (χ2n) is 6.81. The van der Waals surface area contributed by atoms with Crippen LogP contribution < -0.4 is 14.8 Å². The van der Waals surface area contributed by atoms with Crippen molar-refractivity contribution in [1.82, 2.24) is 19.9 Å². The van der Waals surface area contributed by atoms with E-state index in [1.165, 1.54) is 0 Å². The van der Waals surface area contributed by atoms with Crippen LogP contribution in [0.25, 0.3) is 16.3 Å². The molecule has 0 aliphatic rings. The number of halogens is 1. The number of amides is 1. The van der Waals surface area contributed by atoms with Crippen molar-refractivity contribution < 1.29 is 14.3 Å². The first-order valence-corrected chi connectivity index (χ1v) is 10.9. The average Bonchev–Trinajstić information content (AvgIpc) is 3.33. The minimum Gasteiger partial charge on any atom is -0.497 e. The minimum atomic E-state index is -0.172. The van der Waals surface area contributed by atoms with E-state index in [1.807, 2.05) is 35.7 Å². The molecule has 0 aliphatic carbocycles. The fraction of sp³-hybridized carbons (Fsp3) is 0.227. The zero-order valence-electron chi connectivity index (χ0n) is 17.1. The lowest BCUT2D eigenvalue weighted by Crippen LogP contribution is -2.30. The Balaban J connectivity index is 1.32. The molecule has 0 aliphatic heterocycles. The average molecular weight is 457 g/mol. The number of carbonyl (C=O) groups excluding carboxylic acids is 1. The fourth-order valence-corrected chi connectivity index (χ4v) is 4.21. The molecule has 0 bridgehead atoms. The number of hydrogen-bond donors (Lipinski definition) is 1. The zero-order chi connectivity index (χ0) is 21.8. The van der Waals surface area contributed by atoms with Crippen LogP contribution in [0.5, 0.6) is 11.5 Å². The topological polar surface area (TPSA) is 77.8 Å². The van der Waals surface area contributed by atoms with Gasteiger partial charge in [0.25, 0.3) is 5.91 Å². The Kier molecular flexibility index (Phi) is 6.39. The van der Waals surface area contributed by atoms with Crippen LogP contribution in [-0.4, -0.2) is 40.8 Å². The Labute approximate surface area is 188 Å². The summed E-state index contributed by atoms with van der Waals surface area (Å²) in [6, 6.07) is 14.6. The molecule has 31 heavy (non-hydrogen) atoms. The summed E-state index contributed by atoms with van der Waals surface area (Å²) in [5.41, 5.74) is 1.96. The van der Waals surface area contributed by atoms with Gasteiger partial charge in [0.05, 0.1) is 12.8 Å². The Bertz CT molecular complexity index is 1190. The van der Waals surface area contributed by atoms with Crippen molar-refractivity contribution in [3.05, 3.63) is 64.1 Å². The van der Waals surface area contributed by atoms with E-state index in [0.29, 0.717) is 29.6 Å². The van der Waals surface area contributed by atoms with Gasteiger partial charge in [-0.15, -0.1) is 5.10 Å². The van der Waals surface area contributed by atoms with Gasteiger partial charge in [0.2, 0.25) is 4.96 Å². The van der Waals surface area contributed by atoms with Crippen molar-refractivity contribution in [1.29, 1.82) is 0 Å². The van der Waals surface area contributed by atoms with Crippen molar-refractivity contribution in [2.24, 2.45) is 0 Å². The molecule has 2 aromatic carbocycles. The summed E-state index contributed by atoms with van der Waals surface area (Å²) in [7, 11) is 1.64. The molecule has 0 atom stereocenters. The maximum Gasteiger partial charge on any atom is 0.257 e. The van der Waals surface area contributed by atoms with E-state index < -0.39 is 0 Å². The number of thiazole rings is 1. The molecule has 1 amide bonds. The zero-order valence-corrected chi connectivity index (χ0v) is 18.7. The lowest BCUT2D eigenvalue weighted by atomic mass is 10.2. The van der Waals surface area contributed by atoms with Crippen molar-refractivity contribution in [2.75, 3.05) is 20.3 Å². The van der Waals surface area contributed by atoms with E-state index in [9.17, 15) is 4.79 Å². The third kappa shape index (κ3) is 4.98. The third-order valence-corrected chi connectivity index (χ3v) is 6.16. The van der Waals surface area contributed by atoms with Crippen LogP contribution in [0.2, 0.25) is 5.02 Å². The molecule has 160 valence electrons. The molecule has 4 rings (SSSR count). The van der Waals surface area contributed by atoms with Gasteiger partial charge in [0, 0.05) is 28.4 Å². The van der Waals surface area contributed by atoms with Crippen LogP contribution in [0, 0.1) is 6.92 Å². The maximum atomic E-state index is 12.0. The van der Waals surface area contributed by atoms with Crippen molar-refractivity contribution in [2.45, 2.75) is 13.3 Å². The highest BCUT2D eigenvalue weighted by atomic mass is 35.5. The number of aromatic nitrogens is 3. The summed E-state index contributed by atoms with van der Waals surface area (Å²) in [5, 5.41) is 8.13. The van der Waals surface area contributed by atoms with Gasteiger partial charge < -0.3 is 14.8 Å². The molecular formula is C22H21ClN4O3S. The van der Waals surface area contributed by atoms with E-state index in [0.717, 1.165) is 26.8 Å². The SMILES string of the molecule is COc1ccc(-c2nc3sc(CCNC(=O)COc4ccc(Cl)cc4)c(C)n3n2)cc1. The molecule has 0 fully saturated rings. The Hall–Kier alpha value is -3.10. The van der Waals surface area contributed by atoms with Crippen LogP contribution in [0.4, 0.5) is 0 Å². The summed E-state index contributed by atoms with van der Waals surface area (Å²) in [4.78, 5) is 18.6. The van der Waals surface area contributed by atoms with Crippen LogP contribution in [-0.2, 0) is 11.2 Å². The summed E-state index contributed by atoms with van der Waals surface area (Å²) in [6.07, 6.45) is 0.700. The van der Waals surface area contributed by atoms with Gasteiger partial charge in [-0.05, 0) is 55.5 Å². The lowest BCUT2D eigenvalue weighted by molar-refractivity contribution is -0.123. The summed E-state index contributed by atoms with van der Waals surface area (Å²) in [6.45, 7) is 2.48. The third-order valence-electron chi connectivity index (χ3n) is 4.72. The predicted octanol–water partition coefficient (Wildman–Crippen LogP) is 4.17. The van der Waals surface area contributed by atoms with E-state index in [2.05, 4.69) is 15.4 Å². The first-order valence-electron chi connectivity index (χ1n) is 9.68. The highest BCUT2D eigenvalue weighted by Gasteiger charge is 2.14. The Morgan fingerprint density at radius 3 is 2.52 bits per heavy atom. The maximum absolute atomic E-state index is 12.0. The second kappa shape index (κ2) is 9.36. The van der Waals surface area contributed by atoms with Crippen molar-refractivity contribution >= 4 is 33.8 Å². The van der Waals surface area contributed by atoms with Gasteiger partial charge >= 0.3 is 0 Å². The Morgan fingerprint density at radius 2 is 1.84 bits per heavy atom. The van der Waals surface area contributed by atoms with Gasteiger partial charge in [-0.25, -0.2) is 4.52 Å². The second-order valence-corrected chi connectivity index (χ2v) is 8.31. The highest BCUT2D eigenvalue weighted by Crippen LogP contribution is 2.26. The van der Waals surface area contributed by atoms with Crippen LogP contribution in [0.15, 0.2) is 48.5 Å². The van der Waals surface area contributed by atoms with Crippen LogP contribution in [0.1, 0.15) is 10.6 Å². The van der Waals surface area contributed by atoms with Gasteiger partial charge in [-0.1, -0.05) is 22.9 Å². The molecule has 1 N–H and O–H groups in total. The van der Waals surface area contributed by atoms with Crippen LogP contribution in [0.3, 0.4) is 0 Å². The number of hydrogen-bond acceptors (Lipinski definition) is 6. The monoisotopic (exact) mass is 456 g/mol. The van der Waals surface area contributed by atoms with E-state index in [1.54, 1.807) is 42.7 Å². The minimum absolute atomic E-state index is 0.0405. The predicted molar refractivity (Wildman–Crippen MR) is 121 cm³/mol. The molecule has 2 heterocycles. The number of rotatable bonds is 8. The van der Waals surface area contributed by atoms with E-state index in [-0.39, 0.29) is 12.5 Å². The number of ether oxygens (including phenoxy) is 2. The van der Waals surface area contributed by atoms with Gasteiger partial charge in [-0.3, -0.25) is 4.79 Å². The number of nitrogens with one attached hydrogen (secondary N) is 1. The molecule has 0 spiro atoms. The number of carbonyl (C=O) groups is 1. The fourth-order valence-electron chi connectivity index (χ4n) is 3.02. The molecule has 0 saturated heterocycles. The molecular weight excluding hydrogens is 436 g/mol. The largest absolute Gasteiger partial charge is 0.497 e. The van der Waals surface area contributed by atoms with Crippen molar-refractivity contribution in [3.63, 3.8) is 0 Å². The first kappa shape index (κ1) is 21.1. The molecule has 9 heteroatoms. The van der Waals surface area contributed by atoms with Crippen molar-refractivity contribution in [3.8, 4) is 22.9 Å². The van der Waals surface area contributed by atoms with E-state index >= 15 is 0 Å².